The number of rotatable bonds is 6. The molecule has 0 saturated carbocycles. The standard InChI is InChI=1S/C17H20ClN5O/c1-3-11(4-2)16-13(18)6-5-7-14(16)19-9-12-8-15(24)23-17(22-12)20-10-21-23/h5-8,10-11,19H,3-4,9H2,1-2H3,(H,20,21,22). The van der Waals surface area contributed by atoms with Gasteiger partial charge in [-0.05, 0) is 36.5 Å². The number of hydrogen-bond acceptors (Lipinski definition) is 4. The third-order valence-corrected chi connectivity index (χ3v) is 4.56. The molecule has 3 rings (SSSR count). The highest BCUT2D eigenvalue weighted by molar-refractivity contribution is 6.31. The quantitative estimate of drug-likeness (QED) is 0.716. The molecule has 1 aromatic carbocycles. The molecule has 0 saturated heterocycles. The number of anilines is 1. The summed E-state index contributed by atoms with van der Waals surface area (Å²) in [5, 5.41) is 6.87. The van der Waals surface area contributed by atoms with E-state index in [0.29, 0.717) is 23.9 Å². The molecule has 0 unspecified atom stereocenters. The van der Waals surface area contributed by atoms with E-state index >= 15 is 0 Å². The molecule has 0 spiro atoms. The van der Waals surface area contributed by atoms with Crippen molar-refractivity contribution in [1.29, 1.82) is 0 Å². The lowest BCUT2D eigenvalue weighted by atomic mass is 9.92. The Kier molecular flexibility index (Phi) is 4.85. The Labute approximate surface area is 144 Å². The summed E-state index contributed by atoms with van der Waals surface area (Å²) in [6, 6.07) is 7.36. The van der Waals surface area contributed by atoms with Crippen molar-refractivity contribution in [2.24, 2.45) is 0 Å². The van der Waals surface area contributed by atoms with Crippen LogP contribution in [0.15, 0.2) is 35.4 Å². The Hall–Kier alpha value is -2.34. The topological polar surface area (TPSA) is 75.1 Å². The molecule has 0 aliphatic heterocycles. The number of H-pyrrole nitrogens is 1. The third-order valence-electron chi connectivity index (χ3n) is 4.23. The maximum absolute atomic E-state index is 12.0. The van der Waals surface area contributed by atoms with Crippen LogP contribution in [0.1, 0.15) is 43.9 Å². The van der Waals surface area contributed by atoms with Crippen molar-refractivity contribution in [1.82, 2.24) is 19.6 Å². The van der Waals surface area contributed by atoms with Gasteiger partial charge in [0, 0.05) is 16.8 Å². The van der Waals surface area contributed by atoms with E-state index in [2.05, 4.69) is 34.2 Å². The fraction of sp³-hybridized carbons (Fsp3) is 0.353. The fourth-order valence-electron chi connectivity index (χ4n) is 2.95. The number of halogens is 1. The maximum atomic E-state index is 12.0. The minimum atomic E-state index is -0.180. The van der Waals surface area contributed by atoms with Crippen LogP contribution in [-0.4, -0.2) is 19.6 Å². The van der Waals surface area contributed by atoms with Crippen LogP contribution in [-0.2, 0) is 6.54 Å². The number of aromatic amines is 1. The molecular formula is C17H20ClN5O. The van der Waals surface area contributed by atoms with Gasteiger partial charge < -0.3 is 5.32 Å². The molecule has 0 aliphatic rings. The van der Waals surface area contributed by atoms with Gasteiger partial charge in [-0.25, -0.2) is 9.97 Å². The Morgan fingerprint density at radius 3 is 2.88 bits per heavy atom. The first-order valence-corrected chi connectivity index (χ1v) is 8.46. The SMILES string of the molecule is CCC(CC)c1c(Cl)cccc1NCc1cc(=O)n2[nH]cnc2n1. The predicted octanol–water partition coefficient (Wildman–Crippen LogP) is 3.59. The normalized spacial score (nSPS) is 11.3. The van der Waals surface area contributed by atoms with Crippen molar-refractivity contribution in [2.75, 3.05) is 5.32 Å². The lowest BCUT2D eigenvalue weighted by Crippen LogP contribution is -2.17. The zero-order chi connectivity index (χ0) is 17.1. The van der Waals surface area contributed by atoms with Crippen LogP contribution in [0.5, 0.6) is 0 Å². The third kappa shape index (κ3) is 3.14. The van der Waals surface area contributed by atoms with Gasteiger partial charge in [-0.3, -0.25) is 9.89 Å². The van der Waals surface area contributed by atoms with Gasteiger partial charge in [0.2, 0.25) is 0 Å². The second-order valence-corrected chi connectivity index (χ2v) is 6.08. The molecule has 0 aliphatic carbocycles. The molecule has 2 heterocycles. The molecule has 0 radical (unpaired) electrons. The van der Waals surface area contributed by atoms with Crippen molar-refractivity contribution in [2.45, 2.75) is 39.2 Å². The molecule has 126 valence electrons. The van der Waals surface area contributed by atoms with Gasteiger partial charge in [0.25, 0.3) is 11.3 Å². The van der Waals surface area contributed by atoms with Crippen LogP contribution in [0.25, 0.3) is 5.78 Å². The van der Waals surface area contributed by atoms with Crippen molar-refractivity contribution in [3.8, 4) is 0 Å². The minimum Gasteiger partial charge on any atom is -0.379 e. The van der Waals surface area contributed by atoms with E-state index in [1.807, 2.05) is 18.2 Å². The van der Waals surface area contributed by atoms with E-state index in [1.54, 1.807) is 0 Å². The van der Waals surface area contributed by atoms with Gasteiger partial charge >= 0.3 is 0 Å². The number of aromatic nitrogens is 4. The smallest absolute Gasteiger partial charge is 0.274 e. The van der Waals surface area contributed by atoms with Crippen molar-refractivity contribution in [3.05, 3.63) is 57.2 Å². The maximum Gasteiger partial charge on any atom is 0.274 e. The van der Waals surface area contributed by atoms with Gasteiger partial charge in [0.1, 0.15) is 6.33 Å². The van der Waals surface area contributed by atoms with Crippen LogP contribution >= 0.6 is 11.6 Å². The largest absolute Gasteiger partial charge is 0.379 e. The fourth-order valence-corrected chi connectivity index (χ4v) is 3.28. The summed E-state index contributed by atoms with van der Waals surface area (Å²) in [6.45, 7) is 4.76. The zero-order valence-electron chi connectivity index (χ0n) is 13.7. The van der Waals surface area contributed by atoms with E-state index in [-0.39, 0.29) is 5.56 Å². The summed E-state index contributed by atoms with van der Waals surface area (Å²) in [4.78, 5) is 20.4. The molecule has 2 aromatic heterocycles. The molecule has 24 heavy (non-hydrogen) atoms. The number of nitrogens with one attached hydrogen (secondary N) is 2. The Morgan fingerprint density at radius 1 is 1.33 bits per heavy atom. The Balaban J connectivity index is 1.88. The van der Waals surface area contributed by atoms with Crippen LogP contribution in [0.3, 0.4) is 0 Å². The van der Waals surface area contributed by atoms with Gasteiger partial charge in [-0.2, -0.15) is 4.52 Å². The van der Waals surface area contributed by atoms with Crippen LogP contribution in [0, 0.1) is 0 Å². The molecular weight excluding hydrogens is 326 g/mol. The van der Waals surface area contributed by atoms with Crippen LogP contribution in [0.2, 0.25) is 5.02 Å². The average molecular weight is 346 g/mol. The van der Waals surface area contributed by atoms with E-state index < -0.39 is 0 Å². The average Bonchev–Trinajstić information content (AvgIpc) is 3.05. The first kappa shape index (κ1) is 16.5. The predicted molar refractivity (Wildman–Crippen MR) is 95.7 cm³/mol. The summed E-state index contributed by atoms with van der Waals surface area (Å²) in [6.07, 6.45) is 3.49. The van der Waals surface area contributed by atoms with Gasteiger partial charge in [0.15, 0.2) is 0 Å². The first-order chi connectivity index (χ1) is 11.6. The number of nitrogens with zero attached hydrogens (tertiary/aromatic N) is 3. The van der Waals surface area contributed by atoms with Gasteiger partial charge in [-0.1, -0.05) is 31.5 Å². The molecule has 0 bridgehead atoms. The second-order valence-electron chi connectivity index (χ2n) is 5.68. The molecule has 6 nitrogen and oxygen atoms in total. The number of benzene rings is 1. The molecule has 7 heteroatoms. The Morgan fingerprint density at radius 2 is 2.12 bits per heavy atom. The number of hydrogen-bond donors (Lipinski definition) is 2. The highest BCUT2D eigenvalue weighted by Crippen LogP contribution is 2.35. The van der Waals surface area contributed by atoms with Gasteiger partial charge in [0.05, 0.1) is 12.2 Å². The summed E-state index contributed by atoms with van der Waals surface area (Å²) in [5.74, 6) is 0.763. The summed E-state index contributed by atoms with van der Waals surface area (Å²) in [7, 11) is 0. The molecule has 0 atom stereocenters. The van der Waals surface area contributed by atoms with E-state index in [1.165, 1.54) is 16.9 Å². The van der Waals surface area contributed by atoms with Crippen molar-refractivity contribution < 1.29 is 0 Å². The monoisotopic (exact) mass is 345 g/mol. The van der Waals surface area contributed by atoms with E-state index in [9.17, 15) is 4.79 Å². The van der Waals surface area contributed by atoms with Crippen molar-refractivity contribution in [3.63, 3.8) is 0 Å². The highest BCUT2D eigenvalue weighted by atomic mass is 35.5. The molecule has 3 aromatic rings. The van der Waals surface area contributed by atoms with E-state index in [4.69, 9.17) is 11.6 Å². The number of fused-ring (bicyclic) bond motifs is 1. The van der Waals surface area contributed by atoms with Crippen LogP contribution in [0.4, 0.5) is 5.69 Å². The molecule has 0 amide bonds. The zero-order valence-corrected chi connectivity index (χ0v) is 14.5. The Bertz CT molecular complexity index is 897. The van der Waals surface area contributed by atoms with Crippen molar-refractivity contribution >= 4 is 23.1 Å². The molecule has 0 fully saturated rings. The summed E-state index contributed by atoms with van der Waals surface area (Å²) >= 11 is 6.43. The molecule has 2 N–H and O–H groups in total. The summed E-state index contributed by atoms with van der Waals surface area (Å²) in [5.41, 5.74) is 2.57. The minimum absolute atomic E-state index is 0.180. The highest BCUT2D eigenvalue weighted by Gasteiger charge is 2.16. The van der Waals surface area contributed by atoms with Gasteiger partial charge in [-0.15, -0.1) is 0 Å². The van der Waals surface area contributed by atoms with E-state index in [0.717, 1.165) is 29.1 Å². The van der Waals surface area contributed by atoms with Crippen LogP contribution < -0.4 is 10.9 Å². The summed E-state index contributed by atoms with van der Waals surface area (Å²) < 4.78 is 1.30. The lowest BCUT2D eigenvalue weighted by Gasteiger charge is -2.20. The second kappa shape index (κ2) is 7.05. The lowest BCUT2D eigenvalue weighted by molar-refractivity contribution is 0.643. The first-order valence-electron chi connectivity index (χ1n) is 8.08.